The zero-order chi connectivity index (χ0) is 8.74. The van der Waals surface area contributed by atoms with E-state index in [4.69, 9.17) is 17.5 Å². The fraction of sp³-hybridized carbons (Fsp3) is 0. The van der Waals surface area contributed by atoms with Gasteiger partial charge >= 0.3 is 10.4 Å². The van der Waals surface area contributed by atoms with Crippen molar-refractivity contribution >= 4 is 34.3 Å². The molecule has 0 saturated heterocycles. The van der Waals surface area contributed by atoms with Crippen LogP contribution in [0.3, 0.4) is 0 Å². The first-order chi connectivity index (χ1) is 5.00. The van der Waals surface area contributed by atoms with Gasteiger partial charge in [-0.2, -0.15) is 8.42 Å². The first-order valence-electron chi connectivity index (χ1n) is 2.55. The summed E-state index contributed by atoms with van der Waals surface area (Å²) in [6.45, 7) is 0. The van der Waals surface area contributed by atoms with E-state index in [-0.39, 0.29) is 23.9 Å². The molecule has 0 aliphatic heterocycles. The van der Waals surface area contributed by atoms with Gasteiger partial charge in [-0.25, -0.2) is 0 Å². The summed E-state index contributed by atoms with van der Waals surface area (Å²) >= 11 is 0. The van der Waals surface area contributed by atoms with E-state index in [2.05, 4.69) is 4.98 Å². The molecule has 0 amide bonds. The second-order valence-corrected chi connectivity index (χ2v) is 2.37. The largest absolute Gasteiger partial charge is 0.394 e. The predicted octanol–water partition coefficient (Wildman–Crippen LogP) is 0.0480. The van der Waals surface area contributed by atoms with E-state index in [1.54, 1.807) is 12.4 Å². The molecule has 0 unspecified atom stereocenters. The van der Waals surface area contributed by atoms with Crippen molar-refractivity contribution in [3.63, 3.8) is 0 Å². The van der Waals surface area contributed by atoms with Crippen molar-refractivity contribution in [1.82, 2.24) is 4.98 Å². The van der Waals surface area contributed by atoms with Crippen molar-refractivity contribution in [3.05, 3.63) is 30.6 Å². The summed E-state index contributed by atoms with van der Waals surface area (Å²) in [6, 6.07) is 5.72. The van der Waals surface area contributed by atoms with Gasteiger partial charge in [0, 0.05) is 36.3 Å². The maximum absolute atomic E-state index is 8.74. The van der Waals surface area contributed by atoms with Gasteiger partial charge in [0.15, 0.2) is 0 Å². The van der Waals surface area contributed by atoms with E-state index < -0.39 is 10.4 Å². The number of hydrogen-bond acceptors (Lipinski definition) is 3. The van der Waals surface area contributed by atoms with Gasteiger partial charge in [0.1, 0.15) is 0 Å². The Balaban J connectivity index is 0. The summed E-state index contributed by atoms with van der Waals surface area (Å²) in [4.78, 5) is 3.78. The number of rotatable bonds is 0. The molecule has 12 heavy (non-hydrogen) atoms. The second-order valence-electron chi connectivity index (χ2n) is 1.47. The summed E-state index contributed by atoms with van der Waals surface area (Å²) in [5.41, 5.74) is 0. The smallest absolute Gasteiger partial charge is 0.265 e. The summed E-state index contributed by atoms with van der Waals surface area (Å²) in [5, 5.41) is 0. The third-order valence-electron chi connectivity index (χ3n) is 0.566. The van der Waals surface area contributed by atoms with E-state index in [1.807, 2.05) is 18.2 Å². The fourth-order valence-corrected chi connectivity index (χ4v) is 0.313. The first kappa shape index (κ1) is 14.3. The van der Waals surface area contributed by atoms with Gasteiger partial charge in [-0.05, 0) is 12.1 Å². The molecule has 0 atom stereocenters. The van der Waals surface area contributed by atoms with E-state index in [0.29, 0.717) is 0 Å². The molecule has 0 saturated carbocycles. The molecule has 0 aliphatic rings. The molecular weight excluding hydrogens is 289 g/mol. The Kier molecular flexibility index (Phi) is 8.93. The monoisotopic (exact) mass is 297 g/mol. The Bertz CT molecular complexity index is 240. The predicted molar refractivity (Wildman–Crippen MR) is 44.2 cm³/mol. The van der Waals surface area contributed by atoms with Crippen LogP contribution < -0.4 is 0 Å². The summed E-state index contributed by atoms with van der Waals surface area (Å²) < 4.78 is 31.6. The molecule has 0 fully saturated rings. The van der Waals surface area contributed by atoms with Crippen LogP contribution in [0.4, 0.5) is 0 Å². The van der Waals surface area contributed by atoms with Crippen LogP contribution in [-0.4, -0.2) is 46.4 Å². The third-order valence-corrected chi connectivity index (χ3v) is 0.566. The zero-order valence-electron chi connectivity index (χ0n) is 5.95. The number of nitrogens with zero attached hydrogens (tertiary/aromatic N) is 1. The molecule has 66 valence electrons. The van der Waals surface area contributed by atoms with Gasteiger partial charge in [0.2, 0.25) is 0 Å². The Labute approximate surface area is 87.4 Å². The van der Waals surface area contributed by atoms with Crippen LogP contribution in [0.15, 0.2) is 30.6 Å². The molecule has 0 aliphatic carbocycles. The number of aromatic nitrogens is 1. The Hall–Kier alpha value is -0.181. The molecule has 5 nitrogen and oxygen atoms in total. The molecule has 0 aromatic carbocycles. The van der Waals surface area contributed by atoms with Crippen molar-refractivity contribution in [3.8, 4) is 0 Å². The maximum Gasteiger partial charge on any atom is 0.394 e. The van der Waals surface area contributed by atoms with Crippen molar-refractivity contribution < 1.29 is 17.5 Å². The van der Waals surface area contributed by atoms with Gasteiger partial charge in [-0.1, -0.05) is 6.07 Å². The average Bonchev–Trinajstić information content (AvgIpc) is 1.88. The standard InChI is InChI=1S/C5H5N.H2O4S.Sn/c1-2-4-6-5-3-1;1-5(2,3)4;/h1-5H;(H2,1,2,3,4);. The molecule has 1 rings (SSSR count). The molecule has 1 heterocycles. The zero-order valence-corrected chi connectivity index (χ0v) is 9.62. The minimum atomic E-state index is -4.67. The van der Waals surface area contributed by atoms with Crippen LogP contribution in [0.1, 0.15) is 0 Å². The minimum absolute atomic E-state index is 0. The van der Waals surface area contributed by atoms with Crippen LogP contribution in [0.5, 0.6) is 0 Å². The maximum atomic E-state index is 8.74. The van der Waals surface area contributed by atoms with Crippen molar-refractivity contribution in [1.29, 1.82) is 0 Å². The van der Waals surface area contributed by atoms with E-state index >= 15 is 0 Å². The molecule has 2 N–H and O–H groups in total. The quantitative estimate of drug-likeness (QED) is 0.521. The normalized spacial score (nSPS) is 8.83. The SMILES string of the molecule is O=S(=O)(O)O.[Sn].c1ccncc1. The van der Waals surface area contributed by atoms with Crippen LogP contribution in [0, 0.1) is 0 Å². The van der Waals surface area contributed by atoms with Gasteiger partial charge in [0.25, 0.3) is 0 Å². The van der Waals surface area contributed by atoms with E-state index in [1.165, 1.54) is 0 Å². The summed E-state index contributed by atoms with van der Waals surface area (Å²) in [5.74, 6) is 0. The summed E-state index contributed by atoms with van der Waals surface area (Å²) in [7, 11) is -4.67. The number of pyridine rings is 1. The Morgan fingerprint density at radius 3 is 1.42 bits per heavy atom. The van der Waals surface area contributed by atoms with Crippen LogP contribution in [-0.2, 0) is 10.4 Å². The topological polar surface area (TPSA) is 87.5 Å². The third kappa shape index (κ3) is 22.6. The molecule has 1 aromatic rings. The molecule has 4 radical (unpaired) electrons. The molecule has 0 bridgehead atoms. The van der Waals surface area contributed by atoms with Crippen LogP contribution in [0.2, 0.25) is 0 Å². The summed E-state index contributed by atoms with van der Waals surface area (Å²) in [6.07, 6.45) is 3.50. The Morgan fingerprint density at radius 1 is 1.00 bits per heavy atom. The van der Waals surface area contributed by atoms with Crippen molar-refractivity contribution in [2.75, 3.05) is 0 Å². The van der Waals surface area contributed by atoms with E-state index in [0.717, 1.165) is 0 Å². The number of hydrogen-bond donors (Lipinski definition) is 2. The molecule has 7 heteroatoms. The van der Waals surface area contributed by atoms with Crippen LogP contribution in [0.25, 0.3) is 0 Å². The molecule has 1 aromatic heterocycles. The fourth-order valence-electron chi connectivity index (χ4n) is 0.313. The molecule has 0 spiro atoms. The van der Waals surface area contributed by atoms with Gasteiger partial charge in [-0.3, -0.25) is 14.1 Å². The Morgan fingerprint density at radius 2 is 1.33 bits per heavy atom. The molecular formula is C5H7NO4SSn. The van der Waals surface area contributed by atoms with Crippen LogP contribution >= 0.6 is 0 Å². The second kappa shape index (κ2) is 7.47. The van der Waals surface area contributed by atoms with Gasteiger partial charge in [-0.15, -0.1) is 0 Å². The van der Waals surface area contributed by atoms with Crippen molar-refractivity contribution in [2.45, 2.75) is 0 Å². The van der Waals surface area contributed by atoms with Crippen molar-refractivity contribution in [2.24, 2.45) is 0 Å². The minimum Gasteiger partial charge on any atom is -0.265 e. The first-order valence-corrected chi connectivity index (χ1v) is 3.95. The van der Waals surface area contributed by atoms with E-state index in [9.17, 15) is 0 Å². The van der Waals surface area contributed by atoms with Gasteiger partial charge < -0.3 is 0 Å². The van der Waals surface area contributed by atoms with Gasteiger partial charge in [0.05, 0.1) is 0 Å². The average molecular weight is 296 g/mol.